The summed E-state index contributed by atoms with van der Waals surface area (Å²) in [5.74, 6) is -0.568. The third kappa shape index (κ3) is 3.47. The molecule has 1 aliphatic rings. The van der Waals surface area contributed by atoms with Crippen LogP contribution in [0.3, 0.4) is 0 Å². The molecule has 0 aliphatic heterocycles. The number of methoxy groups -OCH3 is 2. The minimum absolute atomic E-state index is 0.0192. The third-order valence-corrected chi connectivity index (χ3v) is 4.14. The molecule has 0 bridgehead atoms. The first-order valence-electron chi connectivity index (χ1n) is 6.43. The Morgan fingerprint density at radius 2 is 1.81 bits per heavy atom. The lowest BCUT2D eigenvalue weighted by atomic mass is 10.1. The molecule has 7 heteroatoms. The van der Waals surface area contributed by atoms with Crippen LogP contribution in [-0.2, 0) is 4.79 Å². The Hall–Kier alpha value is -1.76. The van der Waals surface area contributed by atoms with Gasteiger partial charge in [-0.05, 0) is 46.8 Å². The van der Waals surface area contributed by atoms with Gasteiger partial charge in [0.15, 0.2) is 0 Å². The fourth-order valence-electron chi connectivity index (χ4n) is 2.04. The summed E-state index contributed by atoms with van der Waals surface area (Å²) in [5, 5.41) is 11.7. The van der Waals surface area contributed by atoms with Crippen LogP contribution in [0.15, 0.2) is 16.6 Å². The number of hydrogen-bond acceptors (Lipinski definition) is 4. The average molecular weight is 358 g/mol. The second-order valence-electron chi connectivity index (χ2n) is 4.82. The van der Waals surface area contributed by atoms with Crippen molar-refractivity contribution in [1.82, 2.24) is 5.32 Å². The van der Waals surface area contributed by atoms with E-state index in [1.165, 1.54) is 26.4 Å². The first kappa shape index (κ1) is 15.6. The zero-order valence-electron chi connectivity index (χ0n) is 11.7. The van der Waals surface area contributed by atoms with Gasteiger partial charge >= 0.3 is 5.97 Å². The fourth-order valence-corrected chi connectivity index (χ4v) is 2.59. The Bertz CT molecular complexity index is 545. The SMILES string of the molecule is COc1cc(C(=O)NC(C(=O)O)C2CC2)cc(OC)c1Br. The van der Waals surface area contributed by atoms with Gasteiger partial charge in [0.25, 0.3) is 5.91 Å². The minimum atomic E-state index is -1.01. The molecular weight excluding hydrogens is 342 g/mol. The molecule has 0 spiro atoms. The van der Waals surface area contributed by atoms with Gasteiger partial charge in [0.1, 0.15) is 22.0 Å². The zero-order valence-corrected chi connectivity index (χ0v) is 13.3. The molecule has 1 saturated carbocycles. The number of carbonyl (C=O) groups is 2. The van der Waals surface area contributed by atoms with E-state index < -0.39 is 17.9 Å². The molecule has 114 valence electrons. The van der Waals surface area contributed by atoms with Crippen molar-refractivity contribution in [2.75, 3.05) is 14.2 Å². The molecule has 1 amide bonds. The standard InChI is InChI=1S/C14H16BrNO5/c1-20-9-5-8(6-10(21-2)11(9)15)13(17)16-12(14(18)19)7-3-4-7/h5-7,12H,3-4H2,1-2H3,(H,16,17)(H,18,19). The monoisotopic (exact) mass is 357 g/mol. The highest BCUT2D eigenvalue weighted by Gasteiger charge is 2.37. The molecule has 0 aromatic heterocycles. The number of nitrogens with one attached hydrogen (secondary N) is 1. The predicted molar refractivity (Wildman–Crippen MR) is 78.9 cm³/mol. The molecule has 21 heavy (non-hydrogen) atoms. The normalized spacial score (nSPS) is 15.2. The lowest BCUT2D eigenvalue weighted by Gasteiger charge is -2.15. The number of ether oxygens (including phenoxy) is 2. The summed E-state index contributed by atoms with van der Waals surface area (Å²) < 4.78 is 10.9. The molecular formula is C14H16BrNO5. The van der Waals surface area contributed by atoms with E-state index in [1.54, 1.807) is 0 Å². The van der Waals surface area contributed by atoms with Gasteiger partial charge in [0, 0.05) is 5.56 Å². The van der Waals surface area contributed by atoms with E-state index in [1.807, 2.05) is 0 Å². The highest BCUT2D eigenvalue weighted by Crippen LogP contribution is 2.36. The first-order chi connectivity index (χ1) is 9.97. The number of benzene rings is 1. The molecule has 6 nitrogen and oxygen atoms in total. The van der Waals surface area contributed by atoms with Crippen molar-refractivity contribution in [1.29, 1.82) is 0 Å². The average Bonchev–Trinajstić information content (AvgIpc) is 3.28. The number of rotatable bonds is 6. The van der Waals surface area contributed by atoms with Crippen LogP contribution in [0, 0.1) is 5.92 Å². The van der Waals surface area contributed by atoms with Gasteiger partial charge in [-0.25, -0.2) is 4.79 Å². The van der Waals surface area contributed by atoms with Crippen LogP contribution in [0.5, 0.6) is 11.5 Å². The third-order valence-electron chi connectivity index (χ3n) is 3.35. The number of carbonyl (C=O) groups excluding carboxylic acids is 1. The van der Waals surface area contributed by atoms with Crippen molar-refractivity contribution >= 4 is 27.8 Å². The molecule has 2 N–H and O–H groups in total. The number of carboxylic acids is 1. The maximum atomic E-state index is 12.2. The molecule has 2 rings (SSSR count). The maximum Gasteiger partial charge on any atom is 0.326 e. The van der Waals surface area contributed by atoms with E-state index in [0.717, 1.165) is 12.8 Å². The van der Waals surface area contributed by atoms with Gasteiger partial charge in [0.05, 0.1) is 14.2 Å². The molecule has 1 unspecified atom stereocenters. The van der Waals surface area contributed by atoms with Gasteiger partial charge in [-0.15, -0.1) is 0 Å². The zero-order chi connectivity index (χ0) is 15.6. The van der Waals surface area contributed by atoms with Crippen LogP contribution >= 0.6 is 15.9 Å². The first-order valence-corrected chi connectivity index (χ1v) is 7.22. The highest BCUT2D eigenvalue weighted by molar-refractivity contribution is 9.10. The quantitative estimate of drug-likeness (QED) is 0.813. The van der Waals surface area contributed by atoms with Crippen molar-refractivity contribution in [2.45, 2.75) is 18.9 Å². The summed E-state index contributed by atoms with van der Waals surface area (Å²) in [6.07, 6.45) is 1.65. The van der Waals surface area contributed by atoms with Crippen molar-refractivity contribution in [3.8, 4) is 11.5 Å². The van der Waals surface area contributed by atoms with E-state index >= 15 is 0 Å². The molecule has 0 heterocycles. The molecule has 0 saturated heterocycles. The summed E-state index contributed by atoms with van der Waals surface area (Å²) in [6, 6.07) is 2.22. The molecule has 1 aromatic rings. The minimum Gasteiger partial charge on any atom is -0.495 e. The number of halogens is 1. The van der Waals surface area contributed by atoms with E-state index in [2.05, 4.69) is 21.2 Å². The van der Waals surface area contributed by atoms with Gasteiger partial charge in [-0.3, -0.25) is 4.79 Å². The second-order valence-corrected chi connectivity index (χ2v) is 5.61. The second kappa shape index (κ2) is 6.34. The van der Waals surface area contributed by atoms with Gasteiger partial charge in [-0.1, -0.05) is 0 Å². The number of amides is 1. The van der Waals surface area contributed by atoms with E-state index in [4.69, 9.17) is 14.6 Å². The van der Waals surface area contributed by atoms with Crippen LogP contribution in [-0.4, -0.2) is 37.2 Å². The number of hydrogen-bond donors (Lipinski definition) is 2. The van der Waals surface area contributed by atoms with Crippen molar-refractivity contribution in [3.63, 3.8) is 0 Å². The molecule has 1 aromatic carbocycles. The van der Waals surface area contributed by atoms with Crippen LogP contribution in [0.2, 0.25) is 0 Å². The fraction of sp³-hybridized carbons (Fsp3) is 0.429. The molecule has 0 radical (unpaired) electrons. The summed E-state index contributed by atoms with van der Waals surface area (Å²) in [4.78, 5) is 23.4. The van der Waals surface area contributed by atoms with Crippen molar-refractivity contribution in [2.24, 2.45) is 5.92 Å². The van der Waals surface area contributed by atoms with E-state index in [0.29, 0.717) is 21.5 Å². The van der Waals surface area contributed by atoms with Crippen LogP contribution in [0.4, 0.5) is 0 Å². The smallest absolute Gasteiger partial charge is 0.326 e. The molecule has 1 aliphatic carbocycles. The maximum absolute atomic E-state index is 12.2. The molecule has 1 atom stereocenters. The van der Waals surface area contributed by atoms with Gasteiger partial charge < -0.3 is 19.9 Å². The van der Waals surface area contributed by atoms with Gasteiger partial charge in [-0.2, -0.15) is 0 Å². The Labute approximate surface area is 130 Å². The van der Waals surface area contributed by atoms with Crippen LogP contribution in [0.25, 0.3) is 0 Å². The lowest BCUT2D eigenvalue weighted by molar-refractivity contribution is -0.139. The summed E-state index contributed by atoms with van der Waals surface area (Å²) in [5.41, 5.74) is 0.291. The Kier molecular flexibility index (Phi) is 4.72. The Morgan fingerprint density at radius 3 is 2.19 bits per heavy atom. The van der Waals surface area contributed by atoms with Crippen LogP contribution in [0.1, 0.15) is 23.2 Å². The van der Waals surface area contributed by atoms with Crippen molar-refractivity contribution in [3.05, 3.63) is 22.2 Å². The summed E-state index contributed by atoms with van der Waals surface area (Å²) in [6.45, 7) is 0. The Balaban J connectivity index is 2.24. The number of aliphatic carboxylic acids is 1. The Morgan fingerprint density at radius 1 is 1.29 bits per heavy atom. The van der Waals surface area contributed by atoms with E-state index in [9.17, 15) is 9.59 Å². The van der Waals surface area contributed by atoms with Crippen LogP contribution < -0.4 is 14.8 Å². The lowest BCUT2D eigenvalue weighted by Crippen LogP contribution is -2.42. The molecule has 1 fully saturated rings. The largest absolute Gasteiger partial charge is 0.495 e. The van der Waals surface area contributed by atoms with Crippen molar-refractivity contribution < 1.29 is 24.2 Å². The van der Waals surface area contributed by atoms with Gasteiger partial charge in [0.2, 0.25) is 0 Å². The summed E-state index contributed by atoms with van der Waals surface area (Å²) in [7, 11) is 2.96. The topological polar surface area (TPSA) is 84.9 Å². The predicted octanol–water partition coefficient (Wildman–Crippen LogP) is 2.06. The highest BCUT2D eigenvalue weighted by atomic mass is 79.9. The van der Waals surface area contributed by atoms with E-state index in [-0.39, 0.29) is 5.92 Å². The summed E-state index contributed by atoms with van der Waals surface area (Å²) >= 11 is 3.32. The number of carboxylic acid groups (broad SMARTS) is 1.